The fourth-order valence-corrected chi connectivity index (χ4v) is 3.46. The number of hydrogen-bond donors (Lipinski definition) is 0. The van der Waals surface area contributed by atoms with E-state index in [1.165, 1.54) is 0 Å². The van der Waals surface area contributed by atoms with E-state index in [9.17, 15) is 0 Å². The highest BCUT2D eigenvalue weighted by Gasteiger charge is 2.21. The van der Waals surface area contributed by atoms with Crippen LogP contribution in [0.4, 0.5) is 5.69 Å². The quantitative estimate of drug-likeness (QED) is 0.585. The highest BCUT2D eigenvalue weighted by atomic mass is 16.5. The molecular weight excluding hydrogens is 332 g/mol. The van der Waals surface area contributed by atoms with E-state index in [1.807, 2.05) is 49.5 Å². The van der Waals surface area contributed by atoms with Gasteiger partial charge in [0, 0.05) is 41.1 Å². The minimum atomic E-state index is 0.823. The van der Waals surface area contributed by atoms with Crippen molar-refractivity contribution in [2.75, 3.05) is 19.1 Å². The Balaban J connectivity index is 2.08. The summed E-state index contributed by atoms with van der Waals surface area (Å²) < 4.78 is 7.44. The molecule has 3 nitrogen and oxygen atoms in total. The molecule has 1 aromatic heterocycles. The number of aromatic nitrogens is 1. The maximum atomic E-state index is 5.89. The minimum Gasteiger partial charge on any atom is -0.497 e. The predicted octanol–water partition coefficient (Wildman–Crippen LogP) is 5.19. The van der Waals surface area contributed by atoms with Crippen LogP contribution < -0.4 is 9.64 Å². The first-order valence-corrected chi connectivity index (χ1v) is 8.80. The van der Waals surface area contributed by atoms with E-state index in [0.717, 1.165) is 45.3 Å². The van der Waals surface area contributed by atoms with Crippen LogP contribution in [0.15, 0.2) is 61.2 Å². The Labute approximate surface area is 161 Å². The maximum absolute atomic E-state index is 5.89. The van der Waals surface area contributed by atoms with E-state index in [4.69, 9.17) is 11.2 Å². The molecule has 0 unspecified atom stereocenters. The Morgan fingerprint density at radius 3 is 2.22 bits per heavy atom. The highest BCUT2D eigenvalue weighted by Crippen LogP contribution is 2.33. The average molecular weight is 356 g/mol. The van der Waals surface area contributed by atoms with Crippen LogP contribution in [0.5, 0.6) is 5.75 Å². The van der Waals surface area contributed by atoms with Gasteiger partial charge in [0.2, 0.25) is 0 Å². The first-order chi connectivity index (χ1) is 13.0. The molecule has 136 valence electrons. The molecule has 2 aromatic carbocycles. The molecular formula is C24H24N2O. The van der Waals surface area contributed by atoms with Crippen LogP contribution in [0.1, 0.15) is 22.5 Å². The summed E-state index contributed by atoms with van der Waals surface area (Å²) in [6.07, 6.45) is 5.89. The molecule has 0 radical (unpaired) electrons. The molecule has 3 heteroatoms. The summed E-state index contributed by atoms with van der Waals surface area (Å²) >= 11 is 0. The van der Waals surface area contributed by atoms with Crippen LogP contribution in [-0.4, -0.2) is 18.7 Å². The van der Waals surface area contributed by atoms with Crippen LogP contribution in [0, 0.1) is 26.2 Å². The molecule has 0 saturated carbocycles. The molecule has 0 aliphatic carbocycles. The Bertz CT molecular complexity index is 1010. The largest absolute Gasteiger partial charge is 0.497 e. The van der Waals surface area contributed by atoms with Gasteiger partial charge in [0.05, 0.1) is 12.7 Å². The lowest BCUT2D eigenvalue weighted by Gasteiger charge is -2.23. The zero-order chi connectivity index (χ0) is 19.6. The van der Waals surface area contributed by atoms with Crippen molar-refractivity contribution in [3.05, 3.63) is 83.7 Å². The van der Waals surface area contributed by atoms with Gasteiger partial charge in [0.1, 0.15) is 5.75 Å². The van der Waals surface area contributed by atoms with Crippen LogP contribution in [0.2, 0.25) is 0 Å². The first kappa shape index (κ1) is 18.4. The fourth-order valence-electron chi connectivity index (χ4n) is 3.46. The maximum Gasteiger partial charge on any atom is 0.119 e. The molecule has 27 heavy (non-hydrogen) atoms. The van der Waals surface area contributed by atoms with Gasteiger partial charge in [-0.05, 0) is 50.2 Å². The van der Waals surface area contributed by atoms with Crippen molar-refractivity contribution in [3.63, 3.8) is 0 Å². The van der Waals surface area contributed by atoms with Crippen molar-refractivity contribution < 1.29 is 4.74 Å². The number of methoxy groups -OCH3 is 1. The van der Waals surface area contributed by atoms with Crippen molar-refractivity contribution in [1.29, 1.82) is 0 Å². The van der Waals surface area contributed by atoms with Crippen molar-refractivity contribution in [2.45, 2.75) is 13.8 Å². The molecule has 0 fully saturated rings. The number of rotatable bonds is 5. The van der Waals surface area contributed by atoms with Gasteiger partial charge in [-0.25, -0.2) is 0 Å². The topological polar surface area (TPSA) is 17.4 Å². The second kappa shape index (κ2) is 7.47. The minimum absolute atomic E-state index is 0.823. The monoisotopic (exact) mass is 356 g/mol. The van der Waals surface area contributed by atoms with Gasteiger partial charge in [0.15, 0.2) is 0 Å². The third-order valence-electron chi connectivity index (χ3n) is 4.96. The molecule has 0 N–H and O–H groups in total. The molecule has 3 rings (SSSR count). The first-order valence-electron chi connectivity index (χ1n) is 8.80. The zero-order valence-electron chi connectivity index (χ0n) is 16.3. The van der Waals surface area contributed by atoms with Crippen LogP contribution in [-0.2, 0) is 0 Å². The van der Waals surface area contributed by atoms with E-state index in [-0.39, 0.29) is 0 Å². The number of anilines is 1. The predicted molar refractivity (Wildman–Crippen MR) is 114 cm³/mol. The van der Waals surface area contributed by atoms with E-state index >= 15 is 0 Å². The summed E-state index contributed by atoms with van der Waals surface area (Å²) in [5.74, 6) is 3.70. The molecule has 0 aliphatic rings. The number of nitrogens with zero attached hydrogens (tertiary/aromatic N) is 2. The van der Waals surface area contributed by atoms with Crippen LogP contribution in [0.25, 0.3) is 11.4 Å². The lowest BCUT2D eigenvalue weighted by Crippen LogP contribution is -2.15. The summed E-state index contributed by atoms with van der Waals surface area (Å²) in [6.45, 7) is 8.49. The number of ether oxygens (including phenoxy) is 1. The second-order valence-corrected chi connectivity index (χ2v) is 6.44. The average Bonchev–Trinajstić information content (AvgIpc) is 2.97. The normalized spacial score (nSPS) is 10.3. The summed E-state index contributed by atoms with van der Waals surface area (Å²) in [7, 11) is 3.66. The van der Waals surface area contributed by atoms with Gasteiger partial charge >= 0.3 is 0 Å². The molecule has 0 atom stereocenters. The van der Waals surface area contributed by atoms with Gasteiger partial charge in [-0.1, -0.05) is 30.7 Å². The lowest BCUT2D eigenvalue weighted by atomic mass is 10.1. The fraction of sp³-hybridized carbons (Fsp3) is 0.167. The van der Waals surface area contributed by atoms with E-state index in [2.05, 4.69) is 47.9 Å². The molecule has 0 aliphatic heterocycles. The number of benzene rings is 2. The molecule has 0 saturated heterocycles. The Hall–Kier alpha value is -3.38. The third-order valence-corrected chi connectivity index (χ3v) is 4.96. The van der Waals surface area contributed by atoms with E-state index < -0.39 is 0 Å². The van der Waals surface area contributed by atoms with Crippen molar-refractivity contribution in [1.82, 2.24) is 4.57 Å². The van der Waals surface area contributed by atoms with Gasteiger partial charge in [-0.2, -0.15) is 0 Å². The molecule has 3 aromatic rings. The van der Waals surface area contributed by atoms with Crippen molar-refractivity contribution in [3.8, 4) is 23.8 Å². The third kappa shape index (κ3) is 3.22. The molecule has 1 heterocycles. The van der Waals surface area contributed by atoms with Gasteiger partial charge in [-0.3, -0.25) is 0 Å². The Morgan fingerprint density at radius 2 is 1.67 bits per heavy atom. The standard InChI is InChI=1S/C24H24N2O/c1-7-23-17(2)26(21-11-9-8-10-12-21)19(4)24(23)18(3)25(5)20-13-15-22(27-6)16-14-20/h1,8-16H,3H2,2,4-6H3. The number of terminal acetylenes is 1. The SMILES string of the molecule is C#Cc1c(C(=C)N(C)c2ccc(OC)cc2)c(C)n(-c2ccccc2)c1C. The number of hydrogen-bond acceptors (Lipinski definition) is 2. The lowest BCUT2D eigenvalue weighted by molar-refractivity contribution is 0.415. The zero-order valence-corrected chi connectivity index (χ0v) is 16.3. The van der Waals surface area contributed by atoms with Gasteiger partial charge in [-0.15, -0.1) is 6.42 Å². The van der Waals surface area contributed by atoms with Gasteiger partial charge in [0.25, 0.3) is 0 Å². The van der Waals surface area contributed by atoms with Crippen LogP contribution in [0.3, 0.4) is 0 Å². The molecule has 0 amide bonds. The Morgan fingerprint density at radius 1 is 1.04 bits per heavy atom. The molecule has 0 spiro atoms. The summed E-state index contributed by atoms with van der Waals surface area (Å²) in [5.41, 5.74) is 6.98. The summed E-state index contributed by atoms with van der Waals surface area (Å²) in [4.78, 5) is 2.05. The summed E-state index contributed by atoms with van der Waals surface area (Å²) in [5, 5.41) is 0. The Kier molecular flexibility index (Phi) is 5.09. The van der Waals surface area contributed by atoms with Crippen LogP contribution >= 0.6 is 0 Å². The number of para-hydroxylation sites is 1. The smallest absolute Gasteiger partial charge is 0.119 e. The van der Waals surface area contributed by atoms with Crippen molar-refractivity contribution >= 4 is 11.4 Å². The summed E-state index contributed by atoms with van der Waals surface area (Å²) in [6, 6.07) is 18.1. The van der Waals surface area contributed by atoms with E-state index in [1.54, 1.807) is 7.11 Å². The molecule has 0 bridgehead atoms. The highest BCUT2D eigenvalue weighted by molar-refractivity contribution is 5.83. The van der Waals surface area contributed by atoms with E-state index in [0.29, 0.717) is 0 Å². The second-order valence-electron chi connectivity index (χ2n) is 6.44. The van der Waals surface area contributed by atoms with Gasteiger partial charge < -0.3 is 14.2 Å². The van der Waals surface area contributed by atoms with Crippen molar-refractivity contribution in [2.24, 2.45) is 0 Å².